The van der Waals surface area contributed by atoms with Gasteiger partial charge >= 0.3 is 24.7 Å². The first-order valence-electron chi connectivity index (χ1n) is 12.4. The lowest BCUT2D eigenvalue weighted by atomic mass is 10.1. The Morgan fingerprint density at radius 3 is 1.40 bits per heavy atom. The van der Waals surface area contributed by atoms with Crippen LogP contribution >= 0.6 is 7.92 Å². The number of ether oxygens (including phenoxy) is 1. The molecule has 1 aliphatic heterocycles. The number of hydrogen-bond donors (Lipinski definition) is 0. The third-order valence-corrected chi connectivity index (χ3v) is 8.90. The first-order valence-corrected chi connectivity index (χ1v) is 13.7. The van der Waals surface area contributed by atoms with Crippen molar-refractivity contribution in [3.63, 3.8) is 0 Å². The molecule has 0 saturated carbocycles. The van der Waals surface area contributed by atoms with Crippen LogP contribution in [0.3, 0.4) is 0 Å². The van der Waals surface area contributed by atoms with Crippen LogP contribution in [0.25, 0.3) is 0 Å². The van der Waals surface area contributed by atoms with E-state index in [9.17, 15) is 52.7 Å². The molecule has 4 rings (SSSR count). The summed E-state index contributed by atoms with van der Waals surface area (Å²) in [5.41, 5.74) is -7.10. The van der Waals surface area contributed by atoms with Crippen molar-refractivity contribution in [3.05, 3.63) is 88.5 Å². The predicted octanol–water partition coefficient (Wildman–Crippen LogP) is 8.32. The molecule has 1 heterocycles. The summed E-state index contributed by atoms with van der Waals surface area (Å²) in [6.07, 6.45) is -21.3. The summed E-state index contributed by atoms with van der Waals surface area (Å²) in [5.74, 6) is -0.144. The third kappa shape index (κ3) is 7.27. The molecule has 232 valence electrons. The van der Waals surface area contributed by atoms with E-state index in [0.29, 0.717) is 24.3 Å². The zero-order chi connectivity index (χ0) is 32.1. The van der Waals surface area contributed by atoms with Crippen LogP contribution in [0.1, 0.15) is 41.7 Å². The Kier molecular flexibility index (Phi) is 8.60. The standard InChI is InChI=1S/C28H20F12NOP/c1-14(2)22-13-42-24(41-22)21-5-3-4-6-23(21)43(19-9-15(25(29,30)31)7-16(10-19)26(32,33)34)20-11-17(27(35,36)37)8-18(12-20)28(38,39)40/h3-12,14,22H,13H2,1-2H3/t22-/m1/s1. The Morgan fingerprint density at radius 1 is 0.651 bits per heavy atom. The number of rotatable bonds is 5. The van der Waals surface area contributed by atoms with Gasteiger partial charge in [-0.25, -0.2) is 4.99 Å². The van der Waals surface area contributed by atoms with Crippen molar-refractivity contribution in [1.82, 2.24) is 0 Å². The van der Waals surface area contributed by atoms with E-state index in [0.717, 1.165) is 0 Å². The molecule has 0 unspecified atom stereocenters. The zero-order valence-electron chi connectivity index (χ0n) is 22.0. The van der Waals surface area contributed by atoms with E-state index in [2.05, 4.69) is 4.99 Å². The molecule has 0 spiro atoms. The summed E-state index contributed by atoms with van der Waals surface area (Å²) in [6, 6.07) is 5.74. The SMILES string of the molecule is CC(C)[C@H]1COC(c2ccccc2P(c2cc(C(F)(F)F)cc(C(F)(F)F)c2)c2cc(C(F)(F)F)cc(C(F)(F)F)c2)=N1. The van der Waals surface area contributed by atoms with Gasteiger partial charge in [-0.05, 0) is 72.2 Å². The van der Waals surface area contributed by atoms with Crippen molar-refractivity contribution >= 4 is 29.7 Å². The molecule has 0 amide bonds. The second-order valence-electron chi connectivity index (χ2n) is 9.94. The van der Waals surface area contributed by atoms with Gasteiger partial charge in [-0.3, -0.25) is 0 Å². The van der Waals surface area contributed by atoms with E-state index in [-0.39, 0.29) is 41.4 Å². The number of nitrogens with zero attached hydrogens (tertiary/aromatic N) is 1. The fourth-order valence-corrected chi connectivity index (χ4v) is 6.86. The number of alkyl halides is 12. The Hall–Kier alpha value is -3.28. The average molecular weight is 645 g/mol. The van der Waals surface area contributed by atoms with Gasteiger partial charge in [0.2, 0.25) is 5.90 Å². The van der Waals surface area contributed by atoms with E-state index < -0.39 is 71.5 Å². The van der Waals surface area contributed by atoms with Crippen LogP contribution in [0, 0.1) is 5.92 Å². The molecule has 1 atom stereocenters. The second-order valence-corrected chi connectivity index (χ2v) is 12.1. The van der Waals surface area contributed by atoms with Crippen molar-refractivity contribution < 1.29 is 57.4 Å². The minimum Gasteiger partial charge on any atom is -0.475 e. The molecule has 15 heteroatoms. The summed E-state index contributed by atoms with van der Waals surface area (Å²) in [5, 5.41) is -1.72. The third-order valence-electron chi connectivity index (χ3n) is 6.48. The van der Waals surface area contributed by atoms with Gasteiger partial charge in [-0.2, -0.15) is 52.7 Å². The highest BCUT2D eigenvalue weighted by Crippen LogP contribution is 2.43. The highest BCUT2D eigenvalue weighted by molar-refractivity contribution is 7.80. The Morgan fingerprint density at radius 2 is 1.05 bits per heavy atom. The van der Waals surface area contributed by atoms with E-state index in [1.165, 1.54) is 24.3 Å². The van der Waals surface area contributed by atoms with E-state index in [4.69, 9.17) is 4.74 Å². The monoisotopic (exact) mass is 645 g/mol. The zero-order valence-corrected chi connectivity index (χ0v) is 22.9. The fraction of sp³-hybridized carbons (Fsp3) is 0.321. The summed E-state index contributed by atoms with van der Waals surface area (Å²) >= 11 is 0. The van der Waals surface area contributed by atoms with Crippen molar-refractivity contribution in [1.29, 1.82) is 0 Å². The number of hydrogen-bond acceptors (Lipinski definition) is 2. The maximum Gasteiger partial charge on any atom is 0.416 e. The van der Waals surface area contributed by atoms with Gasteiger partial charge in [-0.15, -0.1) is 0 Å². The Balaban J connectivity index is 2.11. The van der Waals surface area contributed by atoms with Crippen LogP contribution in [-0.2, 0) is 29.4 Å². The van der Waals surface area contributed by atoms with Crippen molar-refractivity contribution in [2.24, 2.45) is 10.9 Å². The van der Waals surface area contributed by atoms with Gasteiger partial charge in [0.1, 0.15) is 6.61 Å². The molecule has 1 aliphatic rings. The van der Waals surface area contributed by atoms with Gasteiger partial charge in [-0.1, -0.05) is 32.0 Å². The Labute approximate surface area is 238 Å². The topological polar surface area (TPSA) is 21.6 Å². The van der Waals surface area contributed by atoms with Gasteiger partial charge in [0.05, 0.1) is 28.3 Å². The first kappa shape index (κ1) is 32.6. The average Bonchev–Trinajstić information content (AvgIpc) is 3.38. The first-order chi connectivity index (χ1) is 19.7. The lowest BCUT2D eigenvalue weighted by Crippen LogP contribution is -2.29. The molecule has 0 saturated heterocycles. The van der Waals surface area contributed by atoms with Crippen LogP contribution in [0.5, 0.6) is 0 Å². The van der Waals surface area contributed by atoms with Crippen molar-refractivity contribution in [3.8, 4) is 0 Å². The van der Waals surface area contributed by atoms with Gasteiger partial charge < -0.3 is 4.74 Å². The van der Waals surface area contributed by atoms with Crippen LogP contribution in [0.2, 0.25) is 0 Å². The van der Waals surface area contributed by atoms with Crippen LogP contribution in [0.4, 0.5) is 52.7 Å². The maximum atomic E-state index is 13.8. The summed E-state index contributed by atoms with van der Waals surface area (Å²) in [7, 11) is -2.93. The molecule has 0 bridgehead atoms. The van der Waals surface area contributed by atoms with E-state index >= 15 is 0 Å². The molecule has 3 aromatic carbocycles. The molecule has 0 fully saturated rings. The lowest BCUT2D eigenvalue weighted by Gasteiger charge is -2.25. The van der Waals surface area contributed by atoms with Crippen molar-refractivity contribution in [2.45, 2.75) is 44.6 Å². The molecule has 0 aliphatic carbocycles. The van der Waals surface area contributed by atoms with Crippen molar-refractivity contribution in [2.75, 3.05) is 6.61 Å². The molecule has 0 radical (unpaired) electrons. The van der Waals surface area contributed by atoms with E-state index in [1.807, 2.05) is 13.8 Å². The molecular weight excluding hydrogens is 625 g/mol. The summed E-state index contributed by atoms with van der Waals surface area (Å²) in [4.78, 5) is 4.40. The second kappa shape index (κ2) is 11.3. The largest absolute Gasteiger partial charge is 0.475 e. The van der Waals surface area contributed by atoms with Crippen LogP contribution in [-0.4, -0.2) is 18.5 Å². The minimum absolute atomic E-state index is 0.00806. The minimum atomic E-state index is -5.33. The van der Waals surface area contributed by atoms with E-state index in [1.54, 1.807) is 0 Å². The predicted molar refractivity (Wildman–Crippen MR) is 136 cm³/mol. The van der Waals surface area contributed by atoms with Crippen LogP contribution in [0.15, 0.2) is 65.7 Å². The summed E-state index contributed by atoms with van der Waals surface area (Å²) in [6.45, 7) is 3.67. The molecule has 0 aromatic heterocycles. The maximum absolute atomic E-state index is 13.8. The number of aliphatic imine (C=N–C) groups is 1. The fourth-order valence-electron chi connectivity index (χ4n) is 4.29. The highest BCUT2D eigenvalue weighted by atomic mass is 31.1. The molecule has 0 N–H and O–H groups in total. The molecule has 2 nitrogen and oxygen atoms in total. The number of halogens is 12. The molecule has 3 aromatic rings. The summed E-state index contributed by atoms with van der Waals surface area (Å²) < 4.78 is 171. The molecule has 43 heavy (non-hydrogen) atoms. The van der Waals surface area contributed by atoms with Gasteiger partial charge in [0.25, 0.3) is 0 Å². The van der Waals surface area contributed by atoms with Crippen LogP contribution < -0.4 is 15.9 Å². The normalized spacial score (nSPS) is 16.6. The van der Waals surface area contributed by atoms with Gasteiger partial charge in [0.15, 0.2) is 0 Å². The smallest absolute Gasteiger partial charge is 0.416 e. The molecular formula is C28H20F12NOP. The number of benzene rings is 3. The quantitative estimate of drug-likeness (QED) is 0.202. The highest BCUT2D eigenvalue weighted by Gasteiger charge is 2.41. The van der Waals surface area contributed by atoms with Gasteiger partial charge in [0, 0.05) is 5.56 Å². The Bertz CT molecular complexity index is 1380. The lowest BCUT2D eigenvalue weighted by molar-refractivity contribution is -0.144.